The zero-order valence-corrected chi connectivity index (χ0v) is 17.6. The maximum atomic E-state index is 12.8. The third kappa shape index (κ3) is 5.03. The predicted molar refractivity (Wildman–Crippen MR) is 113 cm³/mol. The number of nitrogens with one attached hydrogen (secondary N) is 1. The maximum absolute atomic E-state index is 12.8. The van der Waals surface area contributed by atoms with Crippen LogP contribution in [0.1, 0.15) is 40.7 Å². The van der Waals surface area contributed by atoms with E-state index in [0.717, 1.165) is 37.1 Å². The van der Waals surface area contributed by atoms with Crippen LogP contribution in [0, 0.1) is 13.8 Å². The van der Waals surface area contributed by atoms with Crippen LogP contribution in [0.2, 0.25) is 0 Å². The zero-order chi connectivity index (χ0) is 21.0. The molecule has 2 aromatic carbocycles. The lowest BCUT2D eigenvalue weighted by Crippen LogP contribution is -2.29. The molecule has 3 rings (SSSR count). The molecule has 2 aromatic rings. The van der Waals surface area contributed by atoms with Crippen LogP contribution in [0.3, 0.4) is 0 Å². The van der Waals surface area contributed by atoms with Gasteiger partial charge in [-0.15, -0.1) is 0 Å². The first kappa shape index (κ1) is 21.0. The number of hydrogen-bond acceptors (Lipinski definition) is 4. The number of sulfone groups is 1. The standard InChI is InChI=1S/C22H26N2O4S/c1-16-8-10-18(11-9-16)29(27,28)15-12-20(25)23-21-17(2)6-5-7-19(21)22(26)24-13-3-4-14-24/h5-11H,3-4,12-15H2,1-2H3,(H,23,25). The number of aryl methyl sites for hydroxylation is 2. The Morgan fingerprint density at radius 3 is 2.31 bits per heavy atom. The third-order valence-electron chi connectivity index (χ3n) is 5.14. The number of nitrogens with zero attached hydrogens (tertiary/aromatic N) is 1. The van der Waals surface area contributed by atoms with Crippen molar-refractivity contribution < 1.29 is 18.0 Å². The molecule has 0 aliphatic carbocycles. The molecule has 29 heavy (non-hydrogen) atoms. The molecule has 0 aromatic heterocycles. The van der Waals surface area contributed by atoms with Crippen molar-refractivity contribution in [2.24, 2.45) is 0 Å². The van der Waals surface area contributed by atoms with Gasteiger partial charge >= 0.3 is 0 Å². The van der Waals surface area contributed by atoms with Crippen LogP contribution in [0.4, 0.5) is 5.69 Å². The minimum atomic E-state index is -3.55. The molecular formula is C22H26N2O4S. The summed E-state index contributed by atoms with van der Waals surface area (Å²) in [5, 5.41) is 2.77. The molecule has 0 radical (unpaired) electrons. The van der Waals surface area contributed by atoms with Crippen molar-refractivity contribution in [2.75, 3.05) is 24.2 Å². The lowest BCUT2D eigenvalue weighted by Gasteiger charge is -2.19. The molecule has 0 saturated carbocycles. The summed E-state index contributed by atoms with van der Waals surface area (Å²) in [6.07, 6.45) is 1.79. The molecule has 0 atom stereocenters. The minimum absolute atomic E-state index is 0.103. The lowest BCUT2D eigenvalue weighted by atomic mass is 10.1. The van der Waals surface area contributed by atoms with Gasteiger partial charge in [-0.25, -0.2) is 8.42 Å². The summed E-state index contributed by atoms with van der Waals surface area (Å²) in [5.41, 5.74) is 2.64. The summed E-state index contributed by atoms with van der Waals surface area (Å²) in [5.74, 6) is -0.817. The SMILES string of the molecule is Cc1ccc(S(=O)(=O)CCC(=O)Nc2c(C)cccc2C(=O)N2CCCC2)cc1. The van der Waals surface area contributed by atoms with Gasteiger partial charge in [0.2, 0.25) is 5.91 Å². The third-order valence-corrected chi connectivity index (χ3v) is 6.87. The first-order valence-electron chi connectivity index (χ1n) is 9.76. The molecule has 1 fully saturated rings. The second kappa shape index (κ2) is 8.78. The van der Waals surface area contributed by atoms with Crippen molar-refractivity contribution in [3.8, 4) is 0 Å². The van der Waals surface area contributed by atoms with Gasteiger partial charge in [0.05, 0.1) is 21.9 Å². The molecule has 0 unspecified atom stereocenters. The molecule has 2 amide bonds. The Hall–Kier alpha value is -2.67. The number of likely N-dealkylation sites (tertiary alicyclic amines) is 1. The highest BCUT2D eigenvalue weighted by Crippen LogP contribution is 2.24. The summed E-state index contributed by atoms with van der Waals surface area (Å²) >= 11 is 0. The van der Waals surface area contributed by atoms with Crippen molar-refractivity contribution in [2.45, 2.75) is 38.0 Å². The van der Waals surface area contributed by atoms with Gasteiger partial charge in [0.1, 0.15) is 0 Å². The molecule has 6 nitrogen and oxygen atoms in total. The fraction of sp³-hybridized carbons (Fsp3) is 0.364. The average molecular weight is 415 g/mol. The summed E-state index contributed by atoms with van der Waals surface area (Å²) in [7, 11) is -3.55. The smallest absolute Gasteiger partial charge is 0.255 e. The van der Waals surface area contributed by atoms with Crippen LogP contribution in [-0.4, -0.2) is 44.0 Å². The van der Waals surface area contributed by atoms with E-state index in [0.29, 0.717) is 11.3 Å². The Morgan fingerprint density at radius 2 is 1.66 bits per heavy atom. The van der Waals surface area contributed by atoms with Crippen molar-refractivity contribution in [1.82, 2.24) is 4.90 Å². The van der Waals surface area contributed by atoms with Crippen LogP contribution in [0.5, 0.6) is 0 Å². The zero-order valence-electron chi connectivity index (χ0n) is 16.8. The van der Waals surface area contributed by atoms with Gasteiger partial charge in [-0.1, -0.05) is 29.8 Å². The van der Waals surface area contributed by atoms with E-state index >= 15 is 0 Å². The van der Waals surface area contributed by atoms with E-state index in [1.807, 2.05) is 19.9 Å². The number of rotatable bonds is 6. The van der Waals surface area contributed by atoms with Crippen molar-refractivity contribution in [1.29, 1.82) is 0 Å². The van der Waals surface area contributed by atoms with Crippen LogP contribution in [0.15, 0.2) is 47.4 Å². The number of para-hydroxylation sites is 1. The van der Waals surface area contributed by atoms with E-state index in [9.17, 15) is 18.0 Å². The van der Waals surface area contributed by atoms with Crippen LogP contribution >= 0.6 is 0 Å². The van der Waals surface area contributed by atoms with Gasteiger partial charge in [0.15, 0.2) is 9.84 Å². The van der Waals surface area contributed by atoms with Gasteiger partial charge in [0, 0.05) is 19.5 Å². The highest BCUT2D eigenvalue weighted by atomic mass is 32.2. The first-order valence-corrected chi connectivity index (χ1v) is 11.4. The van der Waals surface area contributed by atoms with Crippen LogP contribution in [0.25, 0.3) is 0 Å². The predicted octanol–water partition coefficient (Wildman–Crippen LogP) is 3.34. The molecule has 1 saturated heterocycles. The quantitative estimate of drug-likeness (QED) is 0.786. The van der Waals surface area contributed by atoms with E-state index in [1.54, 1.807) is 41.3 Å². The van der Waals surface area contributed by atoms with Gasteiger partial charge in [0.25, 0.3) is 5.91 Å². The van der Waals surface area contributed by atoms with Gasteiger partial charge in [-0.2, -0.15) is 0 Å². The van der Waals surface area contributed by atoms with Gasteiger partial charge in [-0.3, -0.25) is 9.59 Å². The van der Waals surface area contributed by atoms with Gasteiger partial charge < -0.3 is 10.2 Å². The van der Waals surface area contributed by atoms with Crippen molar-refractivity contribution in [3.05, 3.63) is 59.2 Å². The monoisotopic (exact) mass is 414 g/mol. The number of amides is 2. The maximum Gasteiger partial charge on any atom is 0.255 e. The number of anilines is 1. The van der Waals surface area contributed by atoms with Crippen LogP contribution < -0.4 is 5.32 Å². The summed E-state index contributed by atoms with van der Waals surface area (Å²) in [6.45, 7) is 5.14. The summed E-state index contributed by atoms with van der Waals surface area (Å²) in [4.78, 5) is 27.3. The molecule has 1 aliphatic rings. The molecule has 0 bridgehead atoms. The van der Waals surface area contributed by atoms with Gasteiger partial charge in [-0.05, 0) is 50.5 Å². The second-order valence-electron chi connectivity index (χ2n) is 7.43. The number of benzene rings is 2. The number of carbonyl (C=O) groups excluding carboxylic acids is 2. The Bertz CT molecular complexity index is 1010. The summed E-state index contributed by atoms with van der Waals surface area (Å²) in [6, 6.07) is 11.9. The molecule has 0 spiro atoms. The highest BCUT2D eigenvalue weighted by Gasteiger charge is 2.24. The Morgan fingerprint density at radius 1 is 1.00 bits per heavy atom. The summed E-state index contributed by atoms with van der Waals surface area (Å²) < 4.78 is 25.0. The van der Waals surface area contributed by atoms with E-state index in [1.165, 1.54) is 0 Å². The molecule has 7 heteroatoms. The fourth-order valence-electron chi connectivity index (χ4n) is 3.39. The van der Waals surface area contributed by atoms with Crippen LogP contribution in [-0.2, 0) is 14.6 Å². The molecule has 154 valence electrons. The normalized spacial score (nSPS) is 14.1. The number of carbonyl (C=O) groups is 2. The Balaban J connectivity index is 1.70. The molecule has 1 aliphatic heterocycles. The largest absolute Gasteiger partial charge is 0.339 e. The van der Waals surface area contributed by atoms with Crippen molar-refractivity contribution >= 4 is 27.3 Å². The molecular weight excluding hydrogens is 388 g/mol. The van der Waals surface area contributed by atoms with Crippen molar-refractivity contribution in [3.63, 3.8) is 0 Å². The Kier molecular flexibility index (Phi) is 6.37. The van der Waals surface area contributed by atoms with E-state index < -0.39 is 15.7 Å². The molecule has 1 N–H and O–H groups in total. The first-order chi connectivity index (χ1) is 13.8. The van der Waals surface area contributed by atoms with E-state index in [4.69, 9.17) is 0 Å². The topological polar surface area (TPSA) is 83.5 Å². The highest BCUT2D eigenvalue weighted by molar-refractivity contribution is 7.91. The second-order valence-corrected chi connectivity index (χ2v) is 9.54. The Labute approximate surface area is 171 Å². The fourth-order valence-corrected chi connectivity index (χ4v) is 4.64. The minimum Gasteiger partial charge on any atom is -0.339 e. The van der Waals surface area contributed by atoms with E-state index in [2.05, 4.69) is 5.32 Å². The lowest BCUT2D eigenvalue weighted by molar-refractivity contribution is -0.115. The van der Waals surface area contributed by atoms with E-state index in [-0.39, 0.29) is 23.0 Å². The number of hydrogen-bond donors (Lipinski definition) is 1. The molecule has 1 heterocycles. The average Bonchev–Trinajstić information content (AvgIpc) is 3.23.